The highest BCUT2D eigenvalue weighted by Gasteiger charge is 2.19. The molecule has 0 aliphatic carbocycles. The average Bonchev–Trinajstić information content (AvgIpc) is 2.94. The molecule has 0 N–H and O–H groups in total. The summed E-state index contributed by atoms with van der Waals surface area (Å²) in [6, 6.07) is 41.3. The average molecular weight is 506 g/mol. The van der Waals surface area contributed by atoms with Crippen molar-refractivity contribution in [3.8, 4) is 0 Å². The van der Waals surface area contributed by atoms with E-state index in [1.807, 2.05) is 72.8 Å². The summed E-state index contributed by atoms with van der Waals surface area (Å²) in [6.45, 7) is 2.58. The van der Waals surface area contributed by atoms with Gasteiger partial charge in [-0.2, -0.15) is 15.0 Å². The summed E-state index contributed by atoms with van der Waals surface area (Å²) >= 11 is 6.53. The van der Waals surface area contributed by atoms with E-state index in [0.717, 1.165) is 0 Å². The molecule has 0 radical (unpaired) electrons. The highest BCUT2D eigenvalue weighted by atomic mass is 35.5. The van der Waals surface area contributed by atoms with Crippen LogP contribution in [0.4, 0.5) is 11.9 Å². The lowest BCUT2D eigenvalue weighted by atomic mass is 10.1. The van der Waals surface area contributed by atoms with Gasteiger partial charge in [-0.05, 0) is 33.9 Å². The van der Waals surface area contributed by atoms with Crippen molar-refractivity contribution < 1.29 is 0 Å². The maximum atomic E-state index is 6.53. The molecule has 0 aliphatic rings. The van der Waals surface area contributed by atoms with Crippen molar-refractivity contribution in [2.45, 2.75) is 26.2 Å². The van der Waals surface area contributed by atoms with E-state index in [1.54, 1.807) is 0 Å². The molecule has 6 heteroatoms. The lowest BCUT2D eigenvalue weighted by molar-refractivity contribution is 0.725. The largest absolute Gasteiger partial charge is 0.332 e. The second-order valence-electron chi connectivity index (χ2n) is 8.86. The van der Waals surface area contributed by atoms with E-state index in [-0.39, 0.29) is 5.28 Å². The molecular weight excluding hydrogens is 478 g/mol. The van der Waals surface area contributed by atoms with Crippen molar-refractivity contribution in [1.82, 2.24) is 15.0 Å². The van der Waals surface area contributed by atoms with E-state index in [4.69, 9.17) is 16.6 Å². The van der Waals surface area contributed by atoms with Crippen LogP contribution in [0.5, 0.6) is 0 Å². The number of anilines is 2. The quantitative estimate of drug-likeness (QED) is 0.206. The summed E-state index contributed by atoms with van der Waals surface area (Å²) in [5.41, 5.74) is 4.67. The van der Waals surface area contributed by atoms with Crippen molar-refractivity contribution in [1.29, 1.82) is 0 Å². The highest BCUT2D eigenvalue weighted by Crippen LogP contribution is 2.23. The fourth-order valence-electron chi connectivity index (χ4n) is 4.22. The summed E-state index contributed by atoms with van der Waals surface area (Å²) in [5, 5.41) is 0.178. The molecule has 0 fully saturated rings. The van der Waals surface area contributed by atoms with Gasteiger partial charge >= 0.3 is 0 Å². The van der Waals surface area contributed by atoms with Gasteiger partial charge in [0.1, 0.15) is 0 Å². The molecule has 37 heavy (non-hydrogen) atoms. The summed E-state index contributed by atoms with van der Waals surface area (Å²) in [5.74, 6) is 1.10. The normalized spacial score (nSPS) is 10.7. The molecule has 0 atom stereocenters. The van der Waals surface area contributed by atoms with E-state index in [2.05, 4.69) is 68.3 Å². The third-order valence-corrected chi connectivity index (χ3v) is 6.18. The Balaban J connectivity index is 1.51. The van der Waals surface area contributed by atoms with Gasteiger partial charge in [-0.25, -0.2) is 0 Å². The lowest BCUT2D eigenvalue weighted by Gasteiger charge is -2.26. The molecule has 0 saturated carbocycles. The molecule has 0 aliphatic heterocycles. The molecule has 0 bridgehead atoms. The van der Waals surface area contributed by atoms with E-state index < -0.39 is 0 Å². The molecule has 1 aromatic heterocycles. The van der Waals surface area contributed by atoms with Crippen molar-refractivity contribution in [3.63, 3.8) is 0 Å². The second-order valence-corrected chi connectivity index (χ2v) is 9.20. The molecule has 0 amide bonds. The van der Waals surface area contributed by atoms with Crippen molar-refractivity contribution in [3.05, 3.63) is 149 Å². The van der Waals surface area contributed by atoms with Gasteiger partial charge in [0, 0.05) is 26.2 Å². The number of hydrogen-bond acceptors (Lipinski definition) is 5. The van der Waals surface area contributed by atoms with Crippen LogP contribution in [0.15, 0.2) is 121 Å². The molecule has 184 valence electrons. The Bertz CT molecular complexity index is 1190. The molecule has 5 nitrogen and oxygen atoms in total. The molecule has 0 saturated heterocycles. The zero-order chi connectivity index (χ0) is 25.3. The van der Waals surface area contributed by atoms with Crippen LogP contribution < -0.4 is 9.80 Å². The minimum atomic E-state index is 0.178. The smallest absolute Gasteiger partial charge is 0.232 e. The van der Waals surface area contributed by atoms with E-state index in [1.165, 1.54) is 22.3 Å². The van der Waals surface area contributed by atoms with Crippen LogP contribution in [0.2, 0.25) is 5.28 Å². The first kappa shape index (κ1) is 24.5. The van der Waals surface area contributed by atoms with Crippen LogP contribution in [0, 0.1) is 0 Å². The molecule has 5 aromatic rings. The van der Waals surface area contributed by atoms with E-state index in [0.29, 0.717) is 38.1 Å². The van der Waals surface area contributed by atoms with Gasteiger partial charge in [-0.15, -0.1) is 0 Å². The van der Waals surface area contributed by atoms with Gasteiger partial charge in [0.05, 0.1) is 0 Å². The zero-order valence-electron chi connectivity index (χ0n) is 20.5. The first-order chi connectivity index (χ1) is 18.2. The van der Waals surface area contributed by atoms with Gasteiger partial charge in [-0.1, -0.05) is 121 Å². The summed E-state index contributed by atoms with van der Waals surface area (Å²) in [6.07, 6.45) is 0. The molecule has 0 unspecified atom stereocenters. The number of nitrogens with zero attached hydrogens (tertiary/aromatic N) is 5. The number of aromatic nitrogens is 3. The summed E-state index contributed by atoms with van der Waals surface area (Å²) < 4.78 is 0. The Hall–Kier alpha value is -4.22. The maximum absolute atomic E-state index is 6.53. The third-order valence-electron chi connectivity index (χ3n) is 6.02. The Morgan fingerprint density at radius 1 is 0.405 bits per heavy atom. The van der Waals surface area contributed by atoms with Crippen LogP contribution in [-0.4, -0.2) is 15.0 Å². The van der Waals surface area contributed by atoms with Crippen LogP contribution in [0.25, 0.3) is 0 Å². The SMILES string of the molecule is Clc1nc(N(Cc2ccccc2)Cc2ccccc2)nc(N(Cc2ccccc2)Cc2ccccc2)n1. The number of rotatable bonds is 10. The number of halogens is 1. The Labute approximate surface area is 223 Å². The van der Waals surface area contributed by atoms with E-state index in [9.17, 15) is 0 Å². The number of hydrogen-bond donors (Lipinski definition) is 0. The first-order valence-electron chi connectivity index (χ1n) is 12.3. The van der Waals surface area contributed by atoms with Gasteiger partial charge in [-0.3, -0.25) is 0 Å². The molecule has 4 aromatic carbocycles. The second kappa shape index (κ2) is 12.2. The fourth-order valence-corrected chi connectivity index (χ4v) is 4.37. The van der Waals surface area contributed by atoms with Crippen LogP contribution in [0.3, 0.4) is 0 Å². The van der Waals surface area contributed by atoms with Gasteiger partial charge in [0.15, 0.2) is 0 Å². The monoisotopic (exact) mass is 505 g/mol. The van der Waals surface area contributed by atoms with Crippen molar-refractivity contribution in [2.75, 3.05) is 9.80 Å². The third kappa shape index (κ3) is 6.93. The lowest BCUT2D eigenvalue weighted by Crippen LogP contribution is -2.28. The first-order valence-corrected chi connectivity index (χ1v) is 12.7. The van der Waals surface area contributed by atoms with Gasteiger partial charge in [0.25, 0.3) is 0 Å². The number of benzene rings is 4. The topological polar surface area (TPSA) is 45.2 Å². The fraction of sp³-hybridized carbons (Fsp3) is 0.129. The zero-order valence-corrected chi connectivity index (χ0v) is 21.2. The molecule has 0 spiro atoms. The van der Waals surface area contributed by atoms with Gasteiger partial charge in [0.2, 0.25) is 17.2 Å². The minimum absolute atomic E-state index is 0.178. The van der Waals surface area contributed by atoms with Crippen molar-refractivity contribution >= 4 is 23.5 Å². The summed E-state index contributed by atoms with van der Waals surface area (Å²) in [7, 11) is 0. The van der Waals surface area contributed by atoms with Crippen LogP contribution in [-0.2, 0) is 26.2 Å². The Morgan fingerprint density at radius 3 is 0.946 bits per heavy atom. The van der Waals surface area contributed by atoms with Gasteiger partial charge < -0.3 is 9.80 Å². The van der Waals surface area contributed by atoms with E-state index >= 15 is 0 Å². The van der Waals surface area contributed by atoms with Crippen molar-refractivity contribution in [2.24, 2.45) is 0 Å². The predicted molar refractivity (Wildman–Crippen MR) is 150 cm³/mol. The summed E-state index contributed by atoms with van der Waals surface area (Å²) in [4.78, 5) is 18.4. The predicted octanol–water partition coefficient (Wildman–Crippen LogP) is 6.94. The Kier molecular flexibility index (Phi) is 8.04. The highest BCUT2D eigenvalue weighted by molar-refractivity contribution is 6.28. The van der Waals surface area contributed by atoms with Crippen LogP contribution >= 0.6 is 11.6 Å². The Morgan fingerprint density at radius 2 is 0.676 bits per heavy atom. The molecule has 1 heterocycles. The maximum Gasteiger partial charge on any atom is 0.232 e. The standard InChI is InChI=1S/C31H28ClN5/c32-29-33-30(36(21-25-13-5-1-6-14-25)22-26-15-7-2-8-16-26)35-31(34-29)37(23-27-17-9-3-10-18-27)24-28-19-11-4-12-20-28/h1-20H,21-24H2. The van der Waals surface area contributed by atoms with Crippen LogP contribution in [0.1, 0.15) is 22.3 Å². The minimum Gasteiger partial charge on any atom is -0.332 e. The molecule has 5 rings (SSSR count). The molecular formula is C31H28ClN5.